The van der Waals surface area contributed by atoms with Gasteiger partial charge >= 0.3 is 6.18 Å². The van der Waals surface area contributed by atoms with Crippen molar-refractivity contribution in [3.63, 3.8) is 0 Å². The number of aromatic nitrogens is 3. The van der Waals surface area contributed by atoms with Crippen LogP contribution in [-0.2, 0) is 12.7 Å². The molecule has 1 saturated heterocycles. The molecule has 0 aliphatic carbocycles. The molecular formula is C24H26F4N6O. The summed E-state index contributed by atoms with van der Waals surface area (Å²) in [6.45, 7) is 7.47. The Morgan fingerprint density at radius 1 is 1.06 bits per heavy atom. The molecule has 0 radical (unpaired) electrons. The molecule has 7 nitrogen and oxygen atoms in total. The van der Waals surface area contributed by atoms with Gasteiger partial charge in [-0.1, -0.05) is 13.8 Å². The van der Waals surface area contributed by atoms with Gasteiger partial charge in [-0.05, 0) is 35.9 Å². The third-order valence-corrected chi connectivity index (χ3v) is 5.14. The van der Waals surface area contributed by atoms with Crippen molar-refractivity contribution in [3.05, 3.63) is 71.7 Å². The Balaban J connectivity index is 0.00000167. The molecule has 1 fully saturated rings. The van der Waals surface area contributed by atoms with Crippen molar-refractivity contribution in [1.29, 1.82) is 0 Å². The van der Waals surface area contributed by atoms with Crippen molar-refractivity contribution < 1.29 is 22.4 Å². The lowest BCUT2D eigenvalue weighted by Crippen LogP contribution is -2.43. The van der Waals surface area contributed by atoms with Gasteiger partial charge < -0.3 is 15.5 Å². The number of halogens is 4. The monoisotopic (exact) mass is 490 g/mol. The maximum absolute atomic E-state index is 14.5. The van der Waals surface area contributed by atoms with Gasteiger partial charge in [-0.25, -0.2) is 9.37 Å². The predicted octanol–water partition coefficient (Wildman–Crippen LogP) is 4.06. The molecule has 1 aliphatic heterocycles. The second-order valence-electron chi connectivity index (χ2n) is 7.42. The Morgan fingerprint density at radius 2 is 1.80 bits per heavy atom. The summed E-state index contributed by atoms with van der Waals surface area (Å²) in [5.41, 5.74) is 0.0950. The first-order chi connectivity index (χ1) is 16.8. The number of anilines is 1. The number of nitrogens with one attached hydrogen (secondary N) is 2. The molecule has 1 aliphatic rings. The van der Waals surface area contributed by atoms with E-state index in [1.807, 2.05) is 19.9 Å². The zero-order valence-electron chi connectivity index (χ0n) is 19.4. The van der Waals surface area contributed by atoms with Crippen molar-refractivity contribution in [3.8, 4) is 11.3 Å². The highest BCUT2D eigenvalue weighted by molar-refractivity contribution is 5.92. The van der Waals surface area contributed by atoms with Gasteiger partial charge in [-0.15, -0.1) is 0 Å². The number of hydrogen-bond donors (Lipinski definition) is 2. The molecule has 1 amide bonds. The second kappa shape index (κ2) is 11.7. The highest BCUT2D eigenvalue weighted by atomic mass is 19.4. The summed E-state index contributed by atoms with van der Waals surface area (Å²) in [7, 11) is 0. The standard InChI is InChI=1S/C22H20F4N6O.C2H6/c23-17-9-14(11-30-20(17)15-3-4-28-19(10-15)22(24,25)26)12-31-21(33)18-2-1-16(13-29-18)32-7-5-27-6-8-32;1-2/h1-4,9-11,13,27H,5-8,12H2,(H,31,33);1-2H3. The van der Waals surface area contributed by atoms with E-state index >= 15 is 0 Å². The van der Waals surface area contributed by atoms with E-state index in [0.29, 0.717) is 5.56 Å². The SMILES string of the molecule is CC.O=C(NCc1cnc(-c2ccnc(C(F)(F)F)c2)c(F)c1)c1ccc(N2CCNCC2)cn1. The summed E-state index contributed by atoms with van der Waals surface area (Å²) < 4.78 is 53.1. The number of nitrogens with zero attached hydrogens (tertiary/aromatic N) is 4. The number of carbonyl (C=O) groups excluding carboxylic acids is 1. The smallest absolute Gasteiger partial charge is 0.368 e. The third kappa shape index (κ3) is 6.72. The molecule has 186 valence electrons. The Hall–Kier alpha value is -3.60. The molecule has 0 atom stereocenters. The zero-order valence-corrected chi connectivity index (χ0v) is 19.4. The van der Waals surface area contributed by atoms with Crippen LogP contribution in [0, 0.1) is 5.82 Å². The van der Waals surface area contributed by atoms with Crippen LogP contribution in [0.3, 0.4) is 0 Å². The molecule has 4 heterocycles. The minimum Gasteiger partial charge on any atom is -0.368 e. The first kappa shape index (κ1) is 26.0. The number of carbonyl (C=O) groups is 1. The van der Waals surface area contributed by atoms with Crippen molar-refractivity contribution in [2.24, 2.45) is 0 Å². The number of pyridine rings is 3. The fourth-order valence-electron chi connectivity index (χ4n) is 3.42. The van der Waals surface area contributed by atoms with Gasteiger partial charge in [-0.2, -0.15) is 13.2 Å². The van der Waals surface area contributed by atoms with Gasteiger partial charge in [0, 0.05) is 50.7 Å². The van der Waals surface area contributed by atoms with Crippen LogP contribution in [-0.4, -0.2) is 47.0 Å². The van der Waals surface area contributed by atoms with E-state index < -0.39 is 23.6 Å². The Morgan fingerprint density at radius 3 is 2.43 bits per heavy atom. The molecule has 0 spiro atoms. The Labute approximate surface area is 200 Å². The van der Waals surface area contributed by atoms with E-state index in [1.54, 1.807) is 12.3 Å². The zero-order chi connectivity index (χ0) is 25.4. The minimum atomic E-state index is -4.64. The van der Waals surface area contributed by atoms with E-state index in [0.717, 1.165) is 50.2 Å². The normalized spacial score (nSPS) is 13.6. The number of rotatable bonds is 5. The number of hydrogen-bond acceptors (Lipinski definition) is 6. The molecule has 3 aromatic heterocycles. The molecule has 35 heavy (non-hydrogen) atoms. The molecule has 2 N–H and O–H groups in total. The lowest BCUT2D eigenvalue weighted by molar-refractivity contribution is -0.141. The third-order valence-electron chi connectivity index (χ3n) is 5.14. The van der Waals surface area contributed by atoms with E-state index in [9.17, 15) is 22.4 Å². The topological polar surface area (TPSA) is 83.0 Å². The molecule has 0 aromatic carbocycles. The lowest BCUT2D eigenvalue weighted by Gasteiger charge is -2.29. The van der Waals surface area contributed by atoms with Crippen LogP contribution in [0.15, 0.2) is 48.9 Å². The summed E-state index contributed by atoms with van der Waals surface area (Å²) in [5.74, 6) is -1.24. The molecule has 0 bridgehead atoms. The first-order valence-corrected chi connectivity index (χ1v) is 11.2. The summed E-state index contributed by atoms with van der Waals surface area (Å²) in [6.07, 6.45) is -0.755. The van der Waals surface area contributed by atoms with Crippen molar-refractivity contribution in [2.75, 3.05) is 31.1 Å². The summed E-state index contributed by atoms with van der Waals surface area (Å²) in [4.78, 5) is 26.0. The fourth-order valence-corrected chi connectivity index (χ4v) is 3.42. The van der Waals surface area contributed by atoms with Crippen LogP contribution in [0.4, 0.5) is 23.2 Å². The van der Waals surface area contributed by atoms with E-state index in [4.69, 9.17) is 0 Å². The number of alkyl halides is 3. The summed E-state index contributed by atoms with van der Waals surface area (Å²) in [5, 5.41) is 5.90. The van der Waals surface area contributed by atoms with Gasteiger partial charge in [0.15, 0.2) is 0 Å². The van der Waals surface area contributed by atoms with Crippen LogP contribution in [0.5, 0.6) is 0 Å². The average Bonchev–Trinajstić information content (AvgIpc) is 2.89. The lowest BCUT2D eigenvalue weighted by atomic mass is 10.1. The van der Waals surface area contributed by atoms with E-state index in [1.165, 1.54) is 12.3 Å². The number of piperazine rings is 1. The molecule has 0 saturated carbocycles. The van der Waals surface area contributed by atoms with Gasteiger partial charge in [0.05, 0.1) is 11.9 Å². The first-order valence-electron chi connectivity index (χ1n) is 11.2. The number of amides is 1. The van der Waals surface area contributed by atoms with Gasteiger partial charge in [-0.3, -0.25) is 14.8 Å². The Bertz CT molecular complexity index is 1130. The van der Waals surface area contributed by atoms with E-state index in [2.05, 4.69) is 30.5 Å². The maximum atomic E-state index is 14.5. The fraction of sp³-hybridized carbons (Fsp3) is 0.333. The molecule has 4 rings (SSSR count). The highest BCUT2D eigenvalue weighted by Gasteiger charge is 2.32. The van der Waals surface area contributed by atoms with Crippen molar-refractivity contribution in [1.82, 2.24) is 25.6 Å². The van der Waals surface area contributed by atoms with Crippen LogP contribution in [0.2, 0.25) is 0 Å². The quantitative estimate of drug-likeness (QED) is 0.525. The van der Waals surface area contributed by atoms with Crippen LogP contribution >= 0.6 is 0 Å². The van der Waals surface area contributed by atoms with Crippen molar-refractivity contribution in [2.45, 2.75) is 26.6 Å². The molecular weight excluding hydrogens is 464 g/mol. The maximum Gasteiger partial charge on any atom is 0.433 e. The average molecular weight is 491 g/mol. The second-order valence-corrected chi connectivity index (χ2v) is 7.42. The van der Waals surface area contributed by atoms with Crippen LogP contribution < -0.4 is 15.5 Å². The molecule has 3 aromatic rings. The summed E-state index contributed by atoms with van der Waals surface area (Å²) in [6, 6.07) is 6.56. The van der Waals surface area contributed by atoms with E-state index in [-0.39, 0.29) is 23.5 Å². The van der Waals surface area contributed by atoms with Crippen molar-refractivity contribution >= 4 is 11.6 Å². The van der Waals surface area contributed by atoms with Gasteiger partial charge in [0.2, 0.25) is 0 Å². The van der Waals surface area contributed by atoms with Crippen LogP contribution in [0.25, 0.3) is 11.3 Å². The summed E-state index contributed by atoms with van der Waals surface area (Å²) >= 11 is 0. The Kier molecular flexibility index (Phi) is 8.69. The predicted molar refractivity (Wildman–Crippen MR) is 124 cm³/mol. The molecule has 11 heteroatoms. The van der Waals surface area contributed by atoms with Crippen LogP contribution in [0.1, 0.15) is 35.6 Å². The van der Waals surface area contributed by atoms with Gasteiger partial charge in [0.25, 0.3) is 5.91 Å². The highest BCUT2D eigenvalue weighted by Crippen LogP contribution is 2.30. The van der Waals surface area contributed by atoms with Gasteiger partial charge in [0.1, 0.15) is 22.9 Å². The molecule has 0 unspecified atom stereocenters. The minimum absolute atomic E-state index is 0.0194. The largest absolute Gasteiger partial charge is 0.433 e.